The predicted molar refractivity (Wildman–Crippen MR) is 93.9 cm³/mol. The molecule has 0 radical (unpaired) electrons. The van der Waals surface area contributed by atoms with Gasteiger partial charge in [0.15, 0.2) is 6.61 Å². The van der Waals surface area contributed by atoms with E-state index >= 15 is 0 Å². The van der Waals surface area contributed by atoms with Crippen molar-refractivity contribution in [2.45, 2.75) is 13.0 Å². The van der Waals surface area contributed by atoms with Crippen LogP contribution in [0.3, 0.4) is 0 Å². The Morgan fingerprint density at radius 1 is 1.20 bits per heavy atom. The van der Waals surface area contributed by atoms with Crippen LogP contribution in [0.2, 0.25) is 0 Å². The molecule has 0 heterocycles. The van der Waals surface area contributed by atoms with Gasteiger partial charge in [-0.2, -0.15) is 0 Å². The zero-order valence-corrected chi connectivity index (χ0v) is 15.3. The van der Waals surface area contributed by atoms with Gasteiger partial charge in [-0.1, -0.05) is 28.1 Å². The van der Waals surface area contributed by atoms with Crippen molar-refractivity contribution in [2.75, 3.05) is 13.7 Å². The Balaban J connectivity index is 1.89. The maximum Gasteiger partial charge on any atom is 0.341 e. The Labute approximate surface area is 153 Å². The highest BCUT2D eigenvalue weighted by atomic mass is 79.9. The van der Waals surface area contributed by atoms with Crippen LogP contribution >= 0.6 is 15.9 Å². The van der Waals surface area contributed by atoms with Crippen molar-refractivity contribution < 1.29 is 23.5 Å². The summed E-state index contributed by atoms with van der Waals surface area (Å²) in [5.74, 6) is -1.87. The van der Waals surface area contributed by atoms with Crippen LogP contribution < -0.4 is 10.1 Å². The minimum absolute atomic E-state index is 0.253. The second kappa shape index (κ2) is 8.62. The standard InChI is InChI=1S/C18H17BrFNO4/c1-11(12-3-5-13(19)6-4-12)21-17(22)10-25-18(23)15-8-7-14(24-2)9-16(15)20/h3-9,11H,10H2,1-2H3,(H,21,22)/t11-/m0/s1. The molecular weight excluding hydrogens is 393 g/mol. The van der Waals surface area contributed by atoms with Gasteiger partial charge in [0.25, 0.3) is 5.91 Å². The molecule has 1 atom stereocenters. The van der Waals surface area contributed by atoms with E-state index in [0.29, 0.717) is 0 Å². The van der Waals surface area contributed by atoms with E-state index in [9.17, 15) is 14.0 Å². The number of amides is 1. The Morgan fingerprint density at radius 2 is 1.88 bits per heavy atom. The SMILES string of the molecule is COc1ccc(C(=O)OCC(=O)N[C@@H](C)c2ccc(Br)cc2)c(F)c1. The maximum absolute atomic E-state index is 13.8. The first-order chi connectivity index (χ1) is 11.9. The molecule has 2 aromatic carbocycles. The van der Waals surface area contributed by atoms with Crippen LogP contribution in [-0.2, 0) is 9.53 Å². The molecule has 1 amide bonds. The normalized spacial score (nSPS) is 11.5. The number of rotatable bonds is 6. The molecule has 0 aromatic heterocycles. The van der Waals surface area contributed by atoms with Crippen LogP contribution in [0.5, 0.6) is 5.75 Å². The van der Waals surface area contributed by atoms with Crippen molar-refractivity contribution in [2.24, 2.45) is 0 Å². The molecule has 0 saturated heterocycles. The summed E-state index contributed by atoms with van der Waals surface area (Å²) in [5.41, 5.74) is 0.652. The summed E-state index contributed by atoms with van der Waals surface area (Å²) in [5, 5.41) is 2.71. The highest BCUT2D eigenvalue weighted by molar-refractivity contribution is 9.10. The van der Waals surface area contributed by atoms with Crippen LogP contribution in [0, 0.1) is 5.82 Å². The average Bonchev–Trinajstić information content (AvgIpc) is 2.60. The summed E-state index contributed by atoms with van der Waals surface area (Å²) in [4.78, 5) is 23.8. The second-order valence-electron chi connectivity index (χ2n) is 5.26. The molecule has 7 heteroatoms. The van der Waals surface area contributed by atoms with Crippen LogP contribution in [0.15, 0.2) is 46.9 Å². The number of hydrogen-bond acceptors (Lipinski definition) is 4. The Hall–Kier alpha value is -2.41. The van der Waals surface area contributed by atoms with E-state index in [4.69, 9.17) is 9.47 Å². The Morgan fingerprint density at radius 3 is 2.48 bits per heavy atom. The first kappa shape index (κ1) is 18.9. The smallest absolute Gasteiger partial charge is 0.341 e. The molecule has 0 spiro atoms. The zero-order chi connectivity index (χ0) is 18.4. The van der Waals surface area contributed by atoms with Crippen molar-refractivity contribution in [3.05, 3.63) is 63.9 Å². The quantitative estimate of drug-likeness (QED) is 0.739. The van der Waals surface area contributed by atoms with Crippen LogP contribution in [0.1, 0.15) is 28.9 Å². The fraction of sp³-hybridized carbons (Fsp3) is 0.222. The molecule has 25 heavy (non-hydrogen) atoms. The van der Waals surface area contributed by atoms with Gasteiger partial charge in [-0.15, -0.1) is 0 Å². The van der Waals surface area contributed by atoms with Crippen molar-refractivity contribution in [1.82, 2.24) is 5.32 Å². The molecular formula is C18H17BrFNO4. The van der Waals surface area contributed by atoms with Crippen molar-refractivity contribution in [3.63, 3.8) is 0 Å². The van der Waals surface area contributed by atoms with Gasteiger partial charge in [-0.3, -0.25) is 4.79 Å². The van der Waals surface area contributed by atoms with Crippen LogP contribution in [0.25, 0.3) is 0 Å². The lowest BCUT2D eigenvalue weighted by Crippen LogP contribution is -2.31. The number of carbonyl (C=O) groups excluding carboxylic acids is 2. The number of ether oxygens (including phenoxy) is 2. The van der Waals surface area contributed by atoms with E-state index in [1.165, 1.54) is 19.2 Å². The molecule has 2 rings (SSSR count). The van der Waals surface area contributed by atoms with Gasteiger partial charge in [0.2, 0.25) is 0 Å². The molecule has 0 fully saturated rings. The molecule has 0 saturated carbocycles. The van der Waals surface area contributed by atoms with E-state index in [1.54, 1.807) is 0 Å². The van der Waals surface area contributed by atoms with E-state index in [-0.39, 0.29) is 17.4 Å². The maximum atomic E-state index is 13.8. The number of halogens is 2. The minimum atomic E-state index is -0.911. The van der Waals surface area contributed by atoms with Crippen molar-refractivity contribution >= 4 is 27.8 Å². The average molecular weight is 410 g/mol. The summed E-state index contributed by atoms with van der Waals surface area (Å²) >= 11 is 3.34. The summed E-state index contributed by atoms with van der Waals surface area (Å²) < 4.78 is 24.4. The molecule has 0 bridgehead atoms. The van der Waals surface area contributed by atoms with E-state index in [0.717, 1.165) is 16.1 Å². The van der Waals surface area contributed by atoms with Gasteiger partial charge in [0.05, 0.1) is 18.7 Å². The molecule has 0 aliphatic carbocycles. The van der Waals surface area contributed by atoms with Gasteiger partial charge in [0, 0.05) is 10.5 Å². The second-order valence-corrected chi connectivity index (χ2v) is 6.18. The summed E-state index contributed by atoms with van der Waals surface area (Å²) in [6.45, 7) is 1.32. The third-order valence-electron chi connectivity index (χ3n) is 3.48. The lowest BCUT2D eigenvalue weighted by atomic mass is 10.1. The van der Waals surface area contributed by atoms with Gasteiger partial charge in [-0.05, 0) is 36.8 Å². The van der Waals surface area contributed by atoms with Gasteiger partial charge >= 0.3 is 5.97 Å². The lowest BCUT2D eigenvalue weighted by Gasteiger charge is -2.14. The zero-order valence-electron chi connectivity index (χ0n) is 13.7. The Kier molecular flexibility index (Phi) is 6.52. The van der Waals surface area contributed by atoms with E-state index < -0.39 is 24.3 Å². The Bertz CT molecular complexity index is 764. The molecule has 2 aromatic rings. The highest BCUT2D eigenvalue weighted by Crippen LogP contribution is 2.18. The number of esters is 1. The van der Waals surface area contributed by atoms with E-state index in [2.05, 4.69) is 21.2 Å². The van der Waals surface area contributed by atoms with Gasteiger partial charge in [0.1, 0.15) is 11.6 Å². The minimum Gasteiger partial charge on any atom is -0.497 e. The van der Waals surface area contributed by atoms with Crippen molar-refractivity contribution in [3.8, 4) is 5.75 Å². The highest BCUT2D eigenvalue weighted by Gasteiger charge is 2.16. The number of hydrogen-bond donors (Lipinski definition) is 1. The van der Waals surface area contributed by atoms with Gasteiger partial charge in [-0.25, -0.2) is 9.18 Å². The summed E-state index contributed by atoms with van der Waals surface area (Å²) in [6.07, 6.45) is 0. The van der Waals surface area contributed by atoms with Crippen LogP contribution in [0.4, 0.5) is 4.39 Å². The largest absolute Gasteiger partial charge is 0.497 e. The number of methoxy groups -OCH3 is 1. The molecule has 0 unspecified atom stereocenters. The summed E-state index contributed by atoms with van der Waals surface area (Å²) in [6, 6.07) is 11.0. The van der Waals surface area contributed by atoms with Gasteiger partial charge < -0.3 is 14.8 Å². The third-order valence-corrected chi connectivity index (χ3v) is 4.01. The summed E-state index contributed by atoms with van der Waals surface area (Å²) in [7, 11) is 1.39. The number of carbonyl (C=O) groups is 2. The third kappa shape index (κ3) is 5.29. The van der Waals surface area contributed by atoms with Crippen molar-refractivity contribution in [1.29, 1.82) is 0 Å². The topological polar surface area (TPSA) is 64.6 Å². The first-order valence-corrected chi connectivity index (χ1v) is 8.25. The molecule has 1 N–H and O–H groups in total. The fourth-order valence-corrected chi connectivity index (χ4v) is 2.38. The van der Waals surface area contributed by atoms with E-state index in [1.807, 2.05) is 31.2 Å². The monoisotopic (exact) mass is 409 g/mol. The fourth-order valence-electron chi connectivity index (χ4n) is 2.12. The molecule has 0 aliphatic rings. The molecule has 132 valence electrons. The molecule has 0 aliphatic heterocycles. The number of benzene rings is 2. The number of nitrogens with one attached hydrogen (secondary N) is 1. The van der Waals surface area contributed by atoms with Crippen LogP contribution in [-0.4, -0.2) is 25.6 Å². The first-order valence-electron chi connectivity index (χ1n) is 7.46. The lowest BCUT2D eigenvalue weighted by molar-refractivity contribution is -0.124. The predicted octanol–water partition coefficient (Wildman–Crippen LogP) is 3.63. The molecule has 5 nitrogen and oxygen atoms in total.